The van der Waals surface area contributed by atoms with Gasteiger partial charge < -0.3 is 5.73 Å². The van der Waals surface area contributed by atoms with E-state index < -0.39 is 0 Å². The molecule has 2 N–H and O–H groups in total. The second kappa shape index (κ2) is 6.00. The topological polar surface area (TPSA) is 29.3 Å². The molecule has 0 aliphatic carbocycles. The van der Waals surface area contributed by atoms with E-state index in [2.05, 4.69) is 4.90 Å². The van der Waals surface area contributed by atoms with Crippen molar-refractivity contribution in [1.82, 2.24) is 4.90 Å². The lowest BCUT2D eigenvalue weighted by atomic mass is 9.89. The molecule has 100 valence electrons. The van der Waals surface area contributed by atoms with Crippen molar-refractivity contribution >= 4 is 11.6 Å². The van der Waals surface area contributed by atoms with Gasteiger partial charge in [0.1, 0.15) is 5.82 Å². The van der Waals surface area contributed by atoms with Crippen molar-refractivity contribution in [2.45, 2.75) is 25.3 Å². The van der Waals surface area contributed by atoms with Crippen molar-refractivity contribution in [2.75, 3.05) is 20.1 Å². The molecule has 1 aromatic carbocycles. The molecule has 2 unspecified atom stereocenters. The summed E-state index contributed by atoms with van der Waals surface area (Å²) in [5.74, 6) is 0.0906. The number of benzene rings is 1. The molecule has 1 aliphatic heterocycles. The summed E-state index contributed by atoms with van der Waals surface area (Å²) in [7, 11) is 2.05. The zero-order valence-corrected chi connectivity index (χ0v) is 11.5. The maximum Gasteiger partial charge on any atom is 0.129 e. The van der Waals surface area contributed by atoms with Gasteiger partial charge in [-0.25, -0.2) is 4.39 Å². The van der Waals surface area contributed by atoms with Crippen molar-refractivity contribution in [3.8, 4) is 0 Å². The summed E-state index contributed by atoms with van der Waals surface area (Å²) in [6, 6.07) is 5.01. The average molecular weight is 271 g/mol. The van der Waals surface area contributed by atoms with E-state index in [1.165, 1.54) is 6.07 Å². The van der Waals surface area contributed by atoms with Crippen molar-refractivity contribution in [3.05, 3.63) is 34.6 Å². The Morgan fingerprint density at radius 3 is 2.89 bits per heavy atom. The number of likely N-dealkylation sites (tertiary alicyclic amines) is 1. The summed E-state index contributed by atoms with van der Waals surface area (Å²) in [6.45, 7) is 1.58. The molecule has 1 aliphatic rings. The van der Waals surface area contributed by atoms with Crippen LogP contribution < -0.4 is 5.73 Å². The Kier molecular flexibility index (Phi) is 4.60. The monoisotopic (exact) mass is 270 g/mol. The van der Waals surface area contributed by atoms with E-state index in [-0.39, 0.29) is 11.9 Å². The predicted molar refractivity (Wildman–Crippen MR) is 73.2 cm³/mol. The highest BCUT2D eigenvalue weighted by Crippen LogP contribution is 2.35. The van der Waals surface area contributed by atoms with E-state index in [4.69, 9.17) is 17.3 Å². The summed E-state index contributed by atoms with van der Waals surface area (Å²) in [5.41, 5.74) is 6.59. The molecule has 0 bridgehead atoms. The Bertz CT molecular complexity index is 411. The molecule has 0 aromatic heterocycles. The lowest BCUT2D eigenvalue weighted by Gasteiger charge is -2.32. The van der Waals surface area contributed by atoms with Crippen molar-refractivity contribution in [3.63, 3.8) is 0 Å². The standard InChI is InChI=1S/C14H20ClFN2/c1-18-7-3-2-4-10(9-17)14(18)12-6-5-11(15)8-13(12)16/h5-6,8,10,14H,2-4,7,9,17H2,1H3. The molecule has 0 amide bonds. The maximum atomic E-state index is 14.1. The first-order valence-corrected chi connectivity index (χ1v) is 6.86. The van der Waals surface area contributed by atoms with E-state index in [9.17, 15) is 4.39 Å². The number of hydrogen-bond acceptors (Lipinski definition) is 2. The highest BCUT2D eigenvalue weighted by Gasteiger charge is 2.29. The molecule has 2 rings (SSSR count). The van der Waals surface area contributed by atoms with Gasteiger partial charge in [0.25, 0.3) is 0 Å². The average Bonchev–Trinajstić information content (AvgIpc) is 2.51. The van der Waals surface area contributed by atoms with Gasteiger partial charge in [-0.3, -0.25) is 4.90 Å². The van der Waals surface area contributed by atoms with E-state index in [0.717, 1.165) is 31.4 Å². The Hall–Kier alpha value is -0.640. The molecule has 1 aromatic rings. The van der Waals surface area contributed by atoms with Gasteiger partial charge in [-0.1, -0.05) is 24.1 Å². The van der Waals surface area contributed by atoms with Gasteiger partial charge >= 0.3 is 0 Å². The van der Waals surface area contributed by atoms with Gasteiger partial charge in [0.2, 0.25) is 0 Å². The third kappa shape index (κ3) is 2.85. The van der Waals surface area contributed by atoms with E-state index >= 15 is 0 Å². The van der Waals surface area contributed by atoms with Gasteiger partial charge in [0.15, 0.2) is 0 Å². The third-order valence-electron chi connectivity index (χ3n) is 3.84. The molecule has 2 nitrogen and oxygen atoms in total. The van der Waals surface area contributed by atoms with Crippen molar-refractivity contribution in [1.29, 1.82) is 0 Å². The molecule has 0 saturated carbocycles. The molecule has 1 saturated heterocycles. The van der Waals surface area contributed by atoms with Gasteiger partial charge in [0, 0.05) is 16.6 Å². The Morgan fingerprint density at radius 2 is 2.22 bits per heavy atom. The van der Waals surface area contributed by atoms with E-state index in [1.54, 1.807) is 12.1 Å². The van der Waals surface area contributed by atoms with Crippen LogP contribution in [-0.2, 0) is 0 Å². The molecular formula is C14H20ClFN2. The van der Waals surface area contributed by atoms with Crippen LogP contribution >= 0.6 is 11.6 Å². The highest BCUT2D eigenvalue weighted by molar-refractivity contribution is 6.30. The van der Waals surface area contributed by atoms with Gasteiger partial charge in [-0.2, -0.15) is 0 Å². The number of nitrogens with zero attached hydrogens (tertiary/aromatic N) is 1. The zero-order valence-electron chi connectivity index (χ0n) is 10.7. The Balaban J connectivity index is 2.36. The summed E-state index contributed by atoms with van der Waals surface area (Å²) >= 11 is 5.82. The molecule has 0 spiro atoms. The predicted octanol–water partition coefficient (Wildman–Crippen LogP) is 3.21. The van der Waals surface area contributed by atoms with Crippen LogP contribution in [0.5, 0.6) is 0 Å². The van der Waals surface area contributed by atoms with Crippen LogP contribution in [0.4, 0.5) is 4.39 Å². The van der Waals surface area contributed by atoms with Crippen LogP contribution in [0.2, 0.25) is 5.02 Å². The first kappa shape index (κ1) is 13.8. The van der Waals surface area contributed by atoms with Crippen LogP contribution in [0, 0.1) is 11.7 Å². The first-order chi connectivity index (χ1) is 8.63. The summed E-state index contributed by atoms with van der Waals surface area (Å²) in [6.07, 6.45) is 3.38. The van der Waals surface area contributed by atoms with Crippen LogP contribution in [0.3, 0.4) is 0 Å². The Morgan fingerprint density at radius 1 is 1.44 bits per heavy atom. The number of halogens is 2. The van der Waals surface area contributed by atoms with Gasteiger partial charge in [-0.15, -0.1) is 0 Å². The van der Waals surface area contributed by atoms with Crippen LogP contribution in [-0.4, -0.2) is 25.0 Å². The van der Waals surface area contributed by atoms with Crippen molar-refractivity contribution < 1.29 is 4.39 Å². The Labute approximate surface area is 113 Å². The van der Waals surface area contributed by atoms with E-state index in [1.807, 2.05) is 7.05 Å². The molecular weight excluding hydrogens is 251 g/mol. The number of hydrogen-bond donors (Lipinski definition) is 1. The minimum Gasteiger partial charge on any atom is -0.330 e. The van der Waals surface area contributed by atoms with Crippen LogP contribution in [0.1, 0.15) is 30.9 Å². The number of rotatable bonds is 2. The SMILES string of the molecule is CN1CCCCC(CN)C1c1ccc(Cl)cc1F. The molecule has 2 atom stereocenters. The van der Waals surface area contributed by atoms with Crippen LogP contribution in [0.15, 0.2) is 18.2 Å². The van der Waals surface area contributed by atoms with E-state index in [0.29, 0.717) is 17.5 Å². The largest absolute Gasteiger partial charge is 0.330 e. The summed E-state index contributed by atoms with van der Waals surface area (Å²) in [5, 5.41) is 0.442. The fourth-order valence-corrected chi connectivity index (χ4v) is 3.06. The minimum atomic E-state index is -0.222. The van der Waals surface area contributed by atoms with Gasteiger partial charge in [-0.05, 0) is 51.0 Å². The summed E-state index contributed by atoms with van der Waals surface area (Å²) < 4.78 is 14.1. The van der Waals surface area contributed by atoms with Crippen molar-refractivity contribution in [2.24, 2.45) is 11.7 Å². The molecule has 18 heavy (non-hydrogen) atoms. The molecule has 0 radical (unpaired) electrons. The smallest absolute Gasteiger partial charge is 0.129 e. The highest BCUT2D eigenvalue weighted by atomic mass is 35.5. The molecule has 4 heteroatoms. The normalized spacial score (nSPS) is 26.0. The maximum absolute atomic E-state index is 14.1. The lowest BCUT2D eigenvalue weighted by Crippen LogP contribution is -2.33. The van der Waals surface area contributed by atoms with Crippen LogP contribution in [0.25, 0.3) is 0 Å². The molecule has 1 heterocycles. The lowest BCUT2D eigenvalue weighted by molar-refractivity contribution is 0.191. The third-order valence-corrected chi connectivity index (χ3v) is 4.08. The summed E-state index contributed by atoms with van der Waals surface area (Å²) in [4.78, 5) is 2.22. The fourth-order valence-electron chi connectivity index (χ4n) is 2.90. The zero-order chi connectivity index (χ0) is 13.1. The quantitative estimate of drug-likeness (QED) is 0.894. The number of nitrogens with two attached hydrogens (primary N) is 1. The molecule has 1 fully saturated rings. The first-order valence-electron chi connectivity index (χ1n) is 6.48. The second-order valence-electron chi connectivity index (χ2n) is 5.08. The minimum absolute atomic E-state index is 0.0646. The second-order valence-corrected chi connectivity index (χ2v) is 5.52. The fraction of sp³-hybridized carbons (Fsp3) is 0.571. The van der Waals surface area contributed by atoms with Gasteiger partial charge in [0.05, 0.1) is 0 Å².